The third-order valence-corrected chi connectivity index (χ3v) is 5.09. The number of hydrogen-bond donors (Lipinski definition) is 0. The molecule has 0 aliphatic heterocycles. The number of carbonyl (C=O) groups excluding carboxylic acids is 1. The van der Waals surface area contributed by atoms with E-state index in [0.717, 1.165) is 16.0 Å². The molecule has 0 bridgehead atoms. The Morgan fingerprint density at radius 3 is 2.80 bits per heavy atom. The van der Waals surface area contributed by atoms with Crippen molar-refractivity contribution in [2.24, 2.45) is 4.99 Å². The van der Waals surface area contributed by atoms with Gasteiger partial charge in [0.15, 0.2) is 4.80 Å². The molecule has 2 aromatic carbocycles. The second-order valence-corrected chi connectivity index (χ2v) is 6.90. The molecule has 0 saturated heterocycles. The van der Waals surface area contributed by atoms with Crippen molar-refractivity contribution < 1.29 is 9.53 Å². The zero-order valence-electron chi connectivity index (χ0n) is 13.1. The first-order valence-corrected chi connectivity index (χ1v) is 8.75. The van der Waals surface area contributed by atoms with Crippen molar-refractivity contribution in [1.29, 1.82) is 0 Å². The molecule has 0 spiro atoms. The van der Waals surface area contributed by atoms with E-state index in [9.17, 15) is 4.79 Å². The number of carbonyl (C=O) groups is 1. The second-order valence-electron chi connectivity index (χ2n) is 5.05. The zero-order valence-corrected chi connectivity index (χ0v) is 15.5. The summed E-state index contributed by atoms with van der Waals surface area (Å²) >= 11 is 13.3. The quantitative estimate of drug-likeness (QED) is 0.622. The highest BCUT2D eigenvalue weighted by molar-refractivity contribution is 7.16. The van der Waals surface area contributed by atoms with Crippen LogP contribution in [0.3, 0.4) is 0 Å². The molecule has 0 unspecified atom stereocenters. The molecule has 1 heterocycles. The van der Waals surface area contributed by atoms with E-state index < -0.39 is 5.91 Å². The number of aromatic nitrogens is 1. The van der Waals surface area contributed by atoms with Gasteiger partial charge in [0.2, 0.25) is 0 Å². The molecule has 0 aliphatic rings. The molecule has 1 aromatic heterocycles. The van der Waals surface area contributed by atoms with Crippen LogP contribution in [0.4, 0.5) is 0 Å². The lowest BCUT2D eigenvalue weighted by Gasteiger charge is -2.02. The number of thiazole rings is 1. The molecule has 7 heteroatoms. The average molecular weight is 391 g/mol. The van der Waals surface area contributed by atoms with E-state index in [2.05, 4.69) is 10.9 Å². The van der Waals surface area contributed by atoms with Gasteiger partial charge < -0.3 is 9.30 Å². The maximum absolute atomic E-state index is 12.5. The Hall–Kier alpha value is -2.26. The zero-order chi connectivity index (χ0) is 18.0. The lowest BCUT2D eigenvalue weighted by Crippen LogP contribution is -2.16. The van der Waals surface area contributed by atoms with E-state index in [4.69, 9.17) is 34.4 Å². The topological polar surface area (TPSA) is 43.6 Å². The monoisotopic (exact) mass is 390 g/mol. The molecule has 1 amide bonds. The van der Waals surface area contributed by atoms with Gasteiger partial charge in [-0.2, -0.15) is 4.99 Å². The number of methoxy groups -OCH3 is 1. The van der Waals surface area contributed by atoms with Crippen LogP contribution < -0.4 is 9.54 Å². The minimum absolute atomic E-state index is 0.257. The van der Waals surface area contributed by atoms with Crippen molar-refractivity contribution >= 4 is 50.7 Å². The third kappa shape index (κ3) is 3.57. The van der Waals surface area contributed by atoms with Gasteiger partial charge in [0.25, 0.3) is 5.91 Å². The van der Waals surface area contributed by atoms with Crippen LogP contribution >= 0.6 is 34.5 Å². The van der Waals surface area contributed by atoms with Crippen molar-refractivity contribution in [1.82, 2.24) is 4.57 Å². The summed E-state index contributed by atoms with van der Waals surface area (Å²) in [5.74, 6) is 2.86. The molecule has 4 nitrogen and oxygen atoms in total. The number of fused-ring (bicyclic) bond motifs is 1. The van der Waals surface area contributed by atoms with Crippen LogP contribution in [0.1, 0.15) is 10.4 Å². The van der Waals surface area contributed by atoms with Crippen molar-refractivity contribution in [2.45, 2.75) is 6.54 Å². The van der Waals surface area contributed by atoms with Gasteiger partial charge in [-0.25, -0.2) is 0 Å². The molecule has 0 saturated carbocycles. The maximum Gasteiger partial charge on any atom is 0.281 e. The molecule has 3 aromatic rings. The molecule has 0 radical (unpaired) electrons. The Balaban J connectivity index is 2.16. The molecule has 0 fully saturated rings. The van der Waals surface area contributed by atoms with Crippen LogP contribution in [-0.4, -0.2) is 17.6 Å². The first kappa shape index (κ1) is 17.6. The van der Waals surface area contributed by atoms with Crippen molar-refractivity contribution in [3.05, 3.63) is 56.8 Å². The molecular formula is C18H12Cl2N2O2S. The summed E-state index contributed by atoms with van der Waals surface area (Å²) in [4.78, 5) is 17.2. The second kappa shape index (κ2) is 7.32. The smallest absolute Gasteiger partial charge is 0.281 e. The lowest BCUT2D eigenvalue weighted by molar-refractivity contribution is 0.0998. The van der Waals surface area contributed by atoms with E-state index in [-0.39, 0.29) is 10.6 Å². The minimum Gasteiger partial charge on any atom is -0.497 e. The number of rotatable bonds is 3. The Bertz CT molecular complexity index is 1080. The van der Waals surface area contributed by atoms with Gasteiger partial charge in [0.1, 0.15) is 5.75 Å². The van der Waals surface area contributed by atoms with E-state index in [1.165, 1.54) is 17.4 Å². The number of halogens is 2. The molecule has 25 heavy (non-hydrogen) atoms. The summed E-state index contributed by atoms with van der Waals surface area (Å²) in [7, 11) is 1.60. The molecular weight excluding hydrogens is 379 g/mol. The number of nitrogens with zero attached hydrogens (tertiary/aromatic N) is 2. The van der Waals surface area contributed by atoms with Gasteiger partial charge in [-0.1, -0.05) is 40.5 Å². The highest BCUT2D eigenvalue weighted by atomic mass is 35.5. The number of ether oxygens (including phenoxy) is 1. The molecule has 3 rings (SSSR count). The van der Waals surface area contributed by atoms with E-state index in [0.29, 0.717) is 16.4 Å². The van der Waals surface area contributed by atoms with Crippen molar-refractivity contribution in [2.75, 3.05) is 7.11 Å². The summed E-state index contributed by atoms with van der Waals surface area (Å²) in [6.45, 7) is 0.298. The third-order valence-electron chi connectivity index (χ3n) is 3.50. The van der Waals surface area contributed by atoms with Crippen LogP contribution in [0.2, 0.25) is 10.0 Å². The van der Waals surface area contributed by atoms with Gasteiger partial charge in [-0.05, 0) is 36.4 Å². The molecule has 0 aliphatic carbocycles. The lowest BCUT2D eigenvalue weighted by atomic mass is 10.2. The van der Waals surface area contributed by atoms with Gasteiger partial charge in [0.05, 0.1) is 34.5 Å². The maximum atomic E-state index is 12.5. The van der Waals surface area contributed by atoms with E-state index >= 15 is 0 Å². The summed E-state index contributed by atoms with van der Waals surface area (Å²) in [5, 5.41) is 0.713. The number of amides is 1. The summed E-state index contributed by atoms with van der Waals surface area (Å²) in [5.41, 5.74) is 1.17. The van der Waals surface area contributed by atoms with Gasteiger partial charge in [0, 0.05) is 5.02 Å². The Morgan fingerprint density at radius 2 is 2.12 bits per heavy atom. The van der Waals surface area contributed by atoms with E-state index in [1.54, 1.807) is 23.8 Å². The molecule has 126 valence electrons. The van der Waals surface area contributed by atoms with Crippen molar-refractivity contribution in [3.8, 4) is 18.1 Å². The summed E-state index contributed by atoms with van der Waals surface area (Å²) < 4.78 is 7.96. The van der Waals surface area contributed by atoms with Crippen LogP contribution in [0.5, 0.6) is 5.75 Å². The van der Waals surface area contributed by atoms with Gasteiger partial charge in [-0.3, -0.25) is 4.79 Å². The largest absolute Gasteiger partial charge is 0.497 e. The molecule has 0 N–H and O–H groups in total. The summed E-state index contributed by atoms with van der Waals surface area (Å²) in [6.07, 6.45) is 5.47. The van der Waals surface area contributed by atoms with E-state index in [1.807, 2.05) is 18.2 Å². The highest BCUT2D eigenvalue weighted by Gasteiger charge is 2.12. The van der Waals surface area contributed by atoms with Crippen LogP contribution in [-0.2, 0) is 6.54 Å². The van der Waals surface area contributed by atoms with Crippen LogP contribution in [0.15, 0.2) is 41.4 Å². The molecule has 0 atom stereocenters. The first-order valence-electron chi connectivity index (χ1n) is 7.18. The summed E-state index contributed by atoms with van der Waals surface area (Å²) in [6, 6.07) is 10.3. The normalized spacial score (nSPS) is 11.5. The van der Waals surface area contributed by atoms with Gasteiger partial charge in [-0.15, -0.1) is 6.42 Å². The number of benzene rings is 2. The SMILES string of the molecule is C#CCn1c(=NC(=O)c2ccc(Cl)cc2Cl)sc2cc(OC)ccc21. The van der Waals surface area contributed by atoms with Crippen LogP contribution in [0.25, 0.3) is 10.2 Å². The van der Waals surface area contributed by atoms with Crippen LogP contribution in [0, 0.1) is 12.3 Å². The Labute approximate surface area is 158 Å². The minimum atomic E-state index is -0.453. The standard InChI is InChI=1S/C18H12Cl2N2O2S/c1-3-8-22-15-7-5-12(24-2)10-16(15)25-18(22)21-17(23)13-6-4-11(19)9-14(13)20/h1,4-7,9-10H,8H2,2H3. The first-order chi connectivity index (χ1) is 12.0. The average Bonchev–Trinajstić information content (AvgIpc) is 2.91. The Kier molecular flexibility index (Phi) is 5.14. The van der Waals surface area contributed by atoms with Gasteiger partial charge >= 0.3 is 0 Å². The predicted octanol–water partition coefficient (Wildman–Crippen LogP) is 4.39. The van der Waals surface area contributed by atoms with Crippen molar-refractivity contribution in [3.63, 3.8) is 0 Å². The number of hydrogen-bond acceptors (Lipinski definition) is 3. The fourth-order valence-electron chi connectivity index (χ4n) is 2.32. The highest BCUT2D eigenvalue weighted by Crippen LogP contribution is 2.24. The predicted molar refractivity (Wildman–Crippen MR) is 102 cm³/mol. The number of terminal acetylenes is 1. The fraction of sp³-hybridized carbons (Fsp3) is 0.111. The fourth-order valence-corrected chi connectivity index (χ4v) is 3.87. The Morgan fingerprint density at radius 1 is 1.32 bits per heavy atom.